The van der Waals surface area contributed by atoms with Crippen molar-refractivity contribution in [1.82, 2.24) is 19.8 Å². The van der Waals surface area contributed by atoms with Crippen LogP contribution in [0.25, 0.3) is 0 Å². The van der Waals surface area contributed by atoms with Gasteiger partial charge in [0.15, 0.2) is 0 Å². The Hall–Kier alpha value is -2.28. The Balaban J connectivity index is 1.62. The maximum Gasteiger partial charge on any atom is 0.273 e. The van der Waals surface area contributed by atoms with Crippen molar-refractivity contribution in [2.45, 2.75) is 26.2 Å². The zero-order chi connectivity index (χ0) is 17.6. The molecule has 0 N–H and O–H groups in total. The molecule has 1 saturated heterocycles. The normalized spacial score (nSPS) is 15.1. The molecule has 132 valence electrons. The minimum absolute atomic E-state index is 0.00408. The lowest BCUT2D eigenvalue weighted by atomic mass is 10.2. The first kappa shape index (κ1) is 17.5. The van der Waals surface area contributed by atoms with Gasteiger partial charge in [-0.25, -0.2) is 4.98 Å². The molecule has 0 spiro atoms. The second-order valence-corrected chi connectivity index (χ2v) is 6.99. The van der Waals surface area contributed by atoms with Gasteiger partial charge in [0.05, 0.1) is 5.01 Å². The van der Waals surface area contributed by atoms with Gasteiger partial charge in [-0.05, 0) is 31.4 Å². The van der Waals surface area contributed by atoms with Crippen LogP contribution in [0.5, 0.6) is 0 Å². The SMILES string of the molecule is CCCc1nc(C(=O)N2CCCN(C(=O)c3ccncc3)CC2)cs1. The Morgan fingerprint density at radius 2 is 1.76 bits per heavy atom. The quantitative estimate of drug-likeness (QED) is 0.842. The Bertz CT molecular complexity index is 732. The summed E-state index contributed by atoms with van der Waals surface area (Å²) >= 11 is 1.55. The minimum Gasteiger partial charge on any atom is -0.337 e. The fourth-order valence-corrected chi connectivity index (χ4v) is 3.77. The summed E-state index contributed by atoms with van der Waals surface area (Å²) in [5.74, 6) is -0.0348. The fraction of sp³-hybridized carbons (Fsp3) is 0.444. The molecule has 0 aliphatic carbocycles. The van der Waals surface area contributed by atoms with Crippen LogP contribution in [0, 0.1) is 0 Å². The summed E-state index contributed by atoms with van der Waals surface area (Å²) in [5, 5.41) is 2.85. The molecule has 1 aliphatic heterocycles. The highest BCUT2D eigenvalue weighted by molar-refractivity contribution is 7.09. The number of aryl methyl sites for hydroxylation is 1. The molecule has 6 nitrogen and oxygen atoms in total. The number of aromatic nitrogens is 2. The molecule has 0 radical (unpaired) electrons. The average Bonchev–Trinajstić information content (AvgIpc) is 2.97. The highest BCUT2D eigenvalue weighted by Gasteiger charge is 2.24. The number of thiazole rings is 1. The smallest absolute Gasteiger partial charge is 0.273 e. The Labute approximate surface area is 151 Å². The largest absolute Gasteiger partial charge is 0.337 e. The van der Waals surface area contributed by atoms with Crippen LogP contribution in [0.15, 0.2) is 29.9 Å². The molecular formula is C18H22N4O2S. The number of carbonyl (C=O) groups is 2. The summed E-state index contributed by atoms with van der Waals surface area (Å²) in [4.78, 5) is 37.2. The molecule has 0 unspecified atom stereocenters. The molecule has 7 heteroatoms. The second kappa shape index (κ2) is 8.20. The van der Waals surface area contributed by atoms with Gasteiger partial charge in [0.25, 0.3) is 11.8 Å². The van der Waals surface area contributed by atoms with Crippen molar-refractivity contribution in [1.29, 1.82) is 0 Å². The summed E-state index contributed by atoms with van der Waals surface area (Å²) in [6.07, 6.45) is 5.95. The van der Waals surface area contributed by atoms with E-state index in [4.69, 9.17) is 0 Å². The Morgan fingerprint density at radius 1 is 1.08 bits per heavy atom. The average molecular weight is 358 g/mol. The van der Waals surface area contributed by atoms with E-state index < -0.39 is 0 Å². The van der Waals surface area contributed by atoms with E-state index >= 15 is 0 Å². The third kappa shape index (κ3) is 4.22. The van der Waals surface area contributed by atoms with Gasteiger partial charge < -0.3 is 9.80 Å². The molecule has 3 heterocycles. The minimum atomic E-state index is -0.0307. The van der Waals surface area contributed by atoms with Crippen LogP contribution in [-0.2, 0) is 6.42 Å². The summed E-state index contributed by atoms with van der Waals surface area (Å²) in [5.41, 5.74) is 1.17. The van der Waals surface area contributed by atoms with Gasteiger partial charge in [0.1, 0.15) is 5.69 Å². The maximum atomic E-state index is 12.7. The number of pyridine rings is 1. The van der Waals surface area contributed by atoms with Crippen molar-refractivity contribution >= 4 is 23.2 Å². The van der Waals surface area contributed by atoms with E-state index in [9.17, 15) is 9.59 Å². The van der Waals surface area contributed by atoms with Crippen LogP contribution < -0.4 is 0 Å². The zero-order valence-corrected chi connectivity index (χ0v) is 15.2. The number of nitrogens with zero attached hydrogens (tertiary/aromatic N) is 4. The van der Waals surface area contributed by atoms with Crippen LogP contribution in [0.3, 0.4) is 0 Å². The predicted octanol–water partition coefficient (Wildman–Crippen LogP) is 2.48. The fourth-order valence-electron chi connectivity index (χ4n) is 2.90. The van der Waals surface area contributed by atoms with Gasteiger partial charge in [-0.2, -0.15) is 0 Å². The molecule has 2 aromatic rings. The molecule has 3 rings (SSSR count). The number of carbonyl (C=O) groups excluding carboxylic acids is 2. The van der Waals surface area contributed by atoms with Gasteiger partial charge >= 0.3 is 0 Å². The molecule has 0 bridgehead atoms. The molecule has 1 fully saturated rings. The van der Waals surface area contributed by atoms with Gasteiger partial charge in [-0.15, -0.1) is 11.3 Å². The summed E-state index contributed by atoms with van der Waals surface area (Å²) in [6.45, 7) is 4.49. The first-order valence-electron chi connectivity index (χ1n) is 8.62. The topological polar surface area (TPSA) is 66.4 Å². The van der Waals surface area contributed by atoms with Gasteiger partial charge in [-0.3, -0.25) is 14.6 Å². The summed E-state index contributed by atoms with van der Waals surface area (Å²) in [6, 6.07) is 3.45. The monoisotopic (exact) mass is 358 g/mol. The number of amides is 2. The predicted molar refractivity (Wildman–Crippen MR) is 96.8 cm³/mol. The highest BCUT2D eigenvalue weighted by atomic mass is 32.1. The third-order valence-electron chi connectivity index (χ3n) is 4.23. The number of rotatable bonds is 4. The lowest BCUT2D eigenvalue weighted by molar-refractivity contribution is 0.0716. The van der Waals surface area contributed by atoms with E-state index in [1.807, 2.05) is 15.2 Å². The molecule has 0 saturated carbocycles. The van der Waals surface area contributed by atoms with Crippen LogP contribution >= 0.6 is 11.3 Å². The highest BCUT2D eigenvalue weighted by Crippen LogP contribution is 2.15. The lowest BCUT2D eigenvalue weighted by Crippen LogP contribution is -2.37. The van der Waals surface area contributed by atoms with E-state index in [2.05, 4.69) is 16.9 Å². The van der Waals surface area contributed by atoms with E-state index in [0.717, 1.165) is 24.3 Å². The molecule has 1 aliphatic rings. The van der Waals surface area contributed by atoms with Gasteiger partial charge in [0.2, 0.25) is 0 Å². The van der Waals surface area contributed by atoms with Gasteiger partial charge in [-0.1, -0.05) is 6.92 Å². The van der Waals surface area contributed by atoms with Crippen molar-refractivity contribution in [2.75, 3.05) is 26.2 Å². The van der Waals surface area contributed by atoms with Gasteiger partial charge in [0, 0.05) is 49.5 Å². The molecule has 2 aromatic heterocycles. The van der Waals surface area contributed by atoms with Crippen LogP contribution in [0.1, 0.15) is 45.6 Å². The summed E-state index contributed by atoms with van der Waals surface area (Å²) in [7, 11) is 0. The summed E-state index contributed by atoms with van der Waals surface area (Å²) < 4.78 is 0. The van der Waals surface area contributed by atoms with Crippen molar-refractivity contribution in [3.63, 3.8) is 0 Å². The van der Waals surface area contributed by atoms with Crippen LogP contribution in [-0.4, -0.2) is 57.8 Å². The van der Waals surface area contributed by atoms with Crippen LogP contribution in [0.4, 0.5) is 0 Å². The van der Waals surface area contributed by atoms with Crippen LogP contribution in [0.2, 0.25) is 0 Å². The van der Waals surface area contributed by atoms with Crippen molar-refractivity contribution < 1.29 is 9.59 Å². The lowest BCUT2D eigenvalue weighted by Gasteiger charge is -2.21. The standard InChI is InChI=1S/C18H22N4O2S/c1-2-4-16-20-15(13-25-16)18(24)22-10-3-9-21(11-12-22)17(23)14-5-7-19-8-6-14/h5-8,13H,2-4,9-12H2,1H3. The van der Waals surface area contributed by atoms with Crippen molar-refractivity contribution in [3.8, 4) is 0 Å². The third-order valence-corrected chi connectivity index (χ3v) is 5.14. The van der Waals surface area contributed by atoms with E-state index in [0.29, 0.717) is 37.4 Å². The Morgan fingerprint density at radius 3 is 2.44 bits per heavy atom. The first-order chi connectivity index (χ1) is 12.2. The number of hydrogen-bond donors (Lipinski definition) is 0. The first-order valence-corrected chi connectivity index (χ1v) is 9.50. The molecule has 2 amide bonds. The molecule has 25 heavy (non-hydrogen) atoms. The molecule has 0 aromatic carbocycles. The number of hydrogen-bond acceptors (Lipinski definition) is 5. The van der Waals surface area contributed by atoms with E-state index in [1.165, 1.54) is 0 Å². The molecular weight excluding hydrogens is 336 g/mol. The second-order valence-electron chi connectivity index (χ2n) is 6.05. The van der Waals surface area contributed by atoms with E-state index in [-0.39, 0.29) is 11.8 Å². The molecule has 0 atom stereocenters. The van der Waals surface area contributed by atoms with Crippen molar-refractivity contribution in [2.24, 2.45) is 0 Å². The Kier molecular flexibility index (Phi) is 5.75. The van der Waals surface area contributed by atoms with Crippen molar-refractivity contribution in [3.05, 3.63) is 46.2 Å². The van der Waals surface area contributed by atoms with E-state index in [1.54, 1.807) is 35.9 Å². The maximum absolute atomic E-state index is 12.7. The zero-order valence-electron chi connectivity index (χ0n) is 14.4.